The van der Waals surface area contributed by atoms with Gasteiger partial charge in [0.05, 0.1) is 0 Å². The fourth-order valence-corrected chi connectivity index (χ4v) is 3.73. The van der Waals surface area contributed by atoms with Crippen LogP contribution in [0.3, 0.4) is 0 Å². The van der Waals surface area contributed by atoms with Crippen LogP contribution in [0.4, 0.5) is 0 Å². The van der Waals surface area contributed by atoms with Crippen molar-refractivity contribution in [2.45, 2.75) is 47.5 Å². The Morgan fingerprint density at radius 3 is 2.00 bits per heavy atom. The van der Waals surface area contributed by atoms with E-state index < -0.39 is 0 Å². The fraction of sp³-hybridized carbons (Fsp3) is 1.00. The lowest BCUT2D eigenvalue weighted by molar-refractivity contribution is 0.384. The highest BCUT2D eigenvalue weighted by Gasteiger charge is 2.48. The van der Waals surface area contributed by atoms with Crippen molar-refractivity contribution in [2.24, 2.45) is 41.4 Å². The first-order valence-corrected chi connectivity index (χ1v) is 6.52. The van der Waals surface area contributed by atoms with Crippen LogP contribution in [0.2, 0.25) is 0 Å². The summed E-state index contributed by atoms with van der Waals surface area (Å²) in [7, 11) is 0. The fourth-order valence-electron chi connectivity index (χ4n) is 3.73. The molecule has 0 radical (unpaired) electrons. The summed E-state index contributed by atoms with van der Waals surface area (Å²) < 4.78 is 0. The Labute approximate surface area is 89.5 Å². The molecule has 0 aromatic carbocycles. The van der Waals surface area contributed by atoms with Gasteiger partial charge in [0, 0.05) is 0 Å². The van der Waals surface area contributed by atoms with Crippen molar-refractivity contribution in [1.29, 1.82) is 0 Å². The van der Waals surface area contributed by atoms with Gasteiger partial charge in [0.1, 0.15) is 0 Å². The van der Waals surface area contributed by atoms with Gasteiger partial charge in [-0.3, -0.25) is 0 Å². The van der Waals surface area contributed by atoms with Crippen LogP contribution >= 0.6 is 0 Å². The second-order valence-corrected chi connectivity index (χ2v) is 6.41. The molecule has 2 saturated carbocycles. The van der Waals surface area contributed by atoms with E-state index in [1.54, 1.807) is 0 Å². The Morgan fingerprint density at radius 2 is 1.64 bits per heavy atom. The monoisotopic (exact) mass is 194 g/mol. The van der Waals surface area contributed by atoms with E-state index in [1.165, 1.54) is 12.8 Å². The Balaban J connectivity index is 1.72. The molecule has 5 atom stereocenters. The third kappa shape index (κ3) is 1.85. The highest BCUT2D eigenvalue weighted by molar-refractivity contribution is 4.97. The molecule has 0 N–H and O–H groups in total. The first-order valence-electron chi connectivity index (χ1n) is 6.52. The highest BCUT2D eigenvalue weighted by Crippen LogP contribution is 2.55. The number of hydrogen-bond acceptors (Lipinski definition) is 0. The second kappa shape index (κ2) is 3.54. The third-order valence-electron chi connectivity index (χ3n) is 5.07. The molecule has 82 valence electrons. The van der Waals surface area contributed by atoms with E-state index in [9.17, 15) is 0 Å². The van der Waals surface area contributed by atoms with Gasteiger partial charge in [-0.15, -0.1) is 0 Å². The molecule has 0 aliphatic heterocycles. The van der Waals surface area contributed by atoms with Crippen molar-refractivity contribution in [3.63, 3.8) is 0 Å². The Bertz CT molecular complexity index is 198. The van der Waals surface area contributed by atoms with Gasteiger partial charge in [-0.05, 0) is 54.3 Å². The maximum atomic E-state index is 2.49. The van der Waals surface area contributed by atoms with Crippen LogP contribution in [0.5, 0.6) is 0 Å². The smallest absolute Gasteiger partial charge is 0.0331 e. The Hall–Kier alpha value is 0. The molecule has 0 spiro atoms. The summed E-state index contributed by atoms with van der Waals surface area (Å²) in [6.07, 6.45) is 3.04. The molecule has 2 aliphatic rings. The topological polar surface area (TPSA) is 0 Å². The maximum absolute atomic E-state index is 2.49. The molecule has 2 aliphatic carbocycles. The first kappa shape index (κ1) is 10.5. The summed E-state index contributed by atoms with van der Waals surface area (Å²) in [5.74, 6) is 7.17. The predicted molar refractivity (Wildman–Crippen MR) is 62.0 cm³/mol. The van der Waals surface area contributed by atoms with Gasteiger partial charge in [-0.1, -0.05) is 34.6 Å². The molecule has 5 unspecified atom stereocenters. The normalized spacial score (nSPS) is 48.0. The number of hydrogen-bond donors (Lipinski definition) is 0. The first-order chi connectivity index (χ1) is 6.52. The van der Waals surface area contributed by atoms with Crippen LogP contribution < -0.4 is 0 Å². The van der Waals surface area contributed by atoms with Crippen molar-refractivity contribution in [3.05, 3.63) is 0 Å². The third-order valence-corrected chi connectivity index (χ3v) is 5.07. The highest BCUT2D eigenvalue weighted by atomic mass is 14.5. The van der Waals surface area contributed by atoms with E-state index in [4.69, 9.17) is 0 Å². The molecular formula is C14H26. The molecule has 0 saturated heterocycles. The average Bonchev–Trinajstić information content (AvgIpc) is 2.93. The van der Waals surface area contributed by atoms with Crippen molar-refractivity contribution >= 4 is 0 Å². The Kier molecular flexibility index (Phi) is 2.66. The second-order valence-electron chi connectivity index (χ2n) is 6.41. The van der Waals surface area contributed by atoms with Crippen LogP contribution in [0.1, 0.15) is 47.5 Å². The minimum Gasteiger partial charge on any atom is -0.0625 e. The molecule has 2 rings (SSSR count). The van der Waals surface area contributed by atoms with Gasteiger partial charge < -0.3 is 0 Å². The van der Waals surface area contributed by atoms with Crippen molar-refractivity contribution < 1.29 is 0 Å². The summed E-state index contributed by atoms with van der Waals surface area (Å²) in [6, 6.07) is 0. The van der Waals surface area contributed by atoms with Crippen molar-refractivity contribution in [3.8, 4) is 0 Å². The van der Waals surface area contributed by atoms with E-state index in [1.807, 2.05) is 0 Å². The largest absolute Gasteiger partial charge is 0.0625 e. The van der Waals surface area contributed by atoms with Crippen molar-refractivity contribution in [2.75, 3.05) is 0 Å². The zero-order valence-corrected chi connectivity index (χ0v) is 10.5. The van der Waals surface area contributed by atoms with Gasteiger partial charge in [0.2, 0.25) is 0 Å². The summed E-state index contributed by atoms with van der Waals surface area (Å²) in [5.41, 5.74) is 0. The summed E-state index contributed by atoms with van der Waals surface area (Å²) in [6.45, 7) is 12.1. The minimum absolute atomic E-state index is 0.932. The molecule has 0 heterocycles. The summed E-state index contributed by atoms with van der Waals surface area (Å²) in [4.78, 5) is 0. The van der Waals surface area contributed by atoms with Gasteiger partial charge in [0.25, 0.3) is 0 Å². The van der Waals surface area contributed by atoms with Crippen LogP contribution in [-0.2, 0) is 0 Å². The molecule has 14 heavy (non-hydrogen) atoms. The van der Waals surface area contributed by atoms with Crippen LogP contribution in [0, 0.1) is 41.4 Å². The van der Waals surface area contributed by atoms with Crippen LogP contribution in [-0.4, -0.2) is 0 Å². The van der Waals surface area contributed by atoms with E-state index in [2.05, 4.69) is 34.6 Å². The van der Waals surface area contributed by atoms with E-state index >= 15 is 0 Å². The summed E-state index contributed by atoms with van der Waals surface area (Å²) >= 11 is 0. The molecule has 0 aromatic heterocycles. The summed E-state index contributed by atoms with van der Waals surface area (Å²) in [5, 5.41) is 0. The van der Waals surface area contributed by atoms with Crippen LogP contribution in [0.15, 0.2) is 0 Å². The minimum atomic E-state index is 0.932. The molecule has 0 nitrogen and oxygen atoms in total. The van der Waals surface area contributed by atoms with E-state index in [0.717, 1.165) is 41.4 Å². The van der Waals surface area contributed by atoms with Gasteiger partial charge >= 0.3 is 0 Å². The predicted octanol–water partition coefficient (Wildman–Crippen LogP) is 4.21. The molecule has 2 fully saturated rings. The lowest BCUT2D eigenvalue weighted by Crippen LogP contribution is -2.03. The molecule has 0 aromatic rings. The van der Waals surface area contributed by atoms with Crippen molar-refractivity contribution in [1.82, 2.24) is 0 Å². The standard InChI is InChI=1S/C14H26/c1-8(2)13-7-12(13)6-9(3)14-10(4)11(14)5/h8-14H,6-7H2,1-5H3. The molecular weight excluding hydrogens is 168 g/mol. The quantitative estimate of drug-likeness (QED) is 0.629. The molecule has 0 bridgehead atoms. The zero-order chi connectivity index (χ0) is 10.5. The van der Waals surface area contributed by atoms with Gasteiger partial charge in [0.15, 0.2) is 0 Å². The van der Waals surface area contributed by atoms with Crippen LogP contribution in [0.25, 0.3) is 0 Å². The van der Waals surface area contributed by atoms with Gasteiger partial charge in [-0.25, -0.2) is 0 Å². The zero-order valence-electron chi connectivity index (χ0n) is 10.5. The SMILES string of the molecule is CC(C)C1CC1CC(C)C1C(C)C1C. The lowest BCUT2D eigenvalue weighted by atomic mass is 9.94. The molecule has 0 heteroatoms. The van der Waals surface area contributed by atoms with E-state index in [0.29, 0.717) is 0 Å². The lowest BCUT2D eigenvalue weighted by Gasteiger charge is -2.11. The Morgan fingerprint density at radius 1 is 1.07 bits per heavy atom. The average molecular weight is 194 g/mol. The van der Waals surface area contributed by atoms with Gasteiger partial charge in [-0.2, -0.15) is 0 Å². The van der Waals surface area contributed by atoms with E-state index in [-0.39, 0.29) is 0 Å². The molecule has 0 amide bonds. The maximum Gasteiger partial charge on any atom is -0.0331 e. The number of rotatable bonds is 4.